The van der Waals surface area contributed by atoms with Gasteiger partial charge in [-0.15, -0.1) is 0 Å². The maximum atomic E-state index is 13.3. The Labute approximate surface area is 201 Å². The van der Waals surface area contributed by atoms with Crippen LogP contribution in [0.25, 0.3) is 6.08 Å². The number of methoxy groups -OCH3 is 1. The van der Waals surface area contributed by atoms with Crippen LogP contribution in [0.4, 0.5) is 11.4 Å². The fourth-order valence-electron chi connectivity index (χ4n) is 3.86. The number of anilines is 2. The molecular formula is C23H21Cl2N3O3S. The summed E-state index contributed by atoms with van der Waals surface area (Å²) in [4.78, 5) is 29.4. The van der Waals surface area contributed by atoms with Crippen molar-refractivity contribution in [1.29, 1.82) is 0 Å². The Morgan fingerprint density at radius 3 is 2.56 bits per heavy atom. The molecule has 2 fully saturated rings. The molecule has 2 heterocycles. The number of piperidine rings is 1. The Morgan fingerprint density at radius 2 is 1.84 bits per heavy atom. The largest absolute Gasteiger partial charge is 0.496 e. The number of halogens is 2. The van der Waals surface area contributed by atoms with E-state index in [9.17, 15) is 9.59 Å². The van der Waals surface area contributed by atoms with E-state index in [0.717, 1.165) is 31.6 Å². The van der Waals surface area contributed by atoms with Gasteiger partial charge in [-0.2, -0.15) is 0 Å². The van der Waals surface area contributed by atoms with E-state index in [2.05, 4.69) is 10.2 Å². The van der Waals surface area contributed by atoms with Crippen LogP contribution in [0.5, 0.6) is 5.75 Å². The average molecular weight is 490 g/mol. The summed E-state index contributed by atoms with van der Waals surface area (Å²) in [7, 11) is 1.56. The average Bonchev–Trinajstić information content (AvgIpc) is 2.80. The molecule has 0 spiro atoms. The van der Waals surface area contributed by atoms with Crippen molar-refractivity contribution in [2.24, 2.45) is 0 Å². The van der Waals surface area contributed by atoms with E-state index in [1.807, 2.05) is 18.2 Å². The third kappa shape index (κ3) is 4.33. The van der Waals surface area contributed by atoms with Crippen LogP contribution in [0.1, 0.15) is 24.8 Å². The van der Waals surface area contributed by atoms with Crippen molar-refractivity contribution in [3.05, 3.63) is 57.6 Å². The van der Waals surface area contributed by atoms with Crippen LogP contribution in [0, 0.1) is 0 Å². The predicted octanol–water partition coefficient (Wildman–Crippen LogP) is 4.82. The molecule has 0 radical (unpaired) electrons. The number of nitrogens with one attached hydrogen (secondary N) is 1. The van der Waals surface area contributed by atoms with Gasteiger partial charge in [-0.25, -0.2) is 0 Å². The van der Waals surface area contributed by atoms with Crippen molar-refractivity contribution in [1.82, 2.24) is 5.32 Å². The zero-order chi connectivity index (χ0) is 22.8. The Hall–Kier alpha value is -2.61. The quantitative estimate of drug-likeness (QED) is 0.378. The highest BCUT2D eigenvalue weighted by atomic mass is 35.5. The van der Waals surface area contributed by atoms with Crippen molar-refractivity contribution in [2.75, 3.05) is 30.0 Å². The number of thiocarbonyl (C=S) groups is 1. The second-order valence-corrected chi connectivity index (χ2v) is 8.68. The molecule has 4 rings (SSSR count). The summed E-state index contributed by atoms with van der Waals surface area (Å²) in [5.41, 5.74) is 1.87. The minimum atomic E-state index is -0.593. The lowest BCUT2D eigenvalue weighted by Crippen LogP contribution is -2.54. The van der Waals surface area contributed by atoms with Gasteiger partial charge in [0.2, 0.25) is 0 Å². The second-order valence-electron chi connectivity index (χ2n) is 7.50. The van der Waals surface area contributed by atoms with Crippen LogP contribution in [0.3, 0.4) is 0 Å². The molecule has 2 aromatic rings. The lowest BCUT2D eigenvalue weighted by molar-refractivity contribution is -0.122. The van der Waals surface area contributed by atoms with E-state index >= 15 is 0 Å². The maximum Gasteiger partial charge on any atom is 0.270 e. The lowest BCUT2D eigenvalue weighted by atomic mass is 10.0. The van der Waals surface area contributed by atoms with Crippen LogP contribution < -0.4 is 19.9 Å². The Balaban J connectivity index is 1.70. The number of hydrogen-bond acceptors (Lipinski definition) is 5. The minimum absolute atomic E-state index is 0.0614. The molecule has 0 bridgehead atoms. The Bertz CT molecular complexity index is 1130. The smallest absolute Gasteiger partial charge is 0.270 e. The normalized spacial score (nSPS) is 18.2. The van der Waals surface area contributed by atoms with Gasteiger partial charge in [0, 0.05) is 30.4 Å². The Morgan fingerprint density at radius 1 is 1.09 bits per heavy atom. The summed E-state index contributed by atoms with van der Waals surface area (Å²) in [6.07, 6.45) is 5.06. The molecule has 0 unspecified atom stereocenters. The molecule has 2 aromatic carbocycles. The van der Waals surface area contributed by atoms with Crippen molar-refractivity contribution >= 4 is 69.8 Å². The summed E-state index contributed by atoms with van der Waals surface area (Å²) >= 11 is 17.6. The summed E-state index contributed by atoms with van der Waals surface area (Å²) < 4.78 is 5.56. The van der Waals surface area contributed by atoms with Gasteiger partial charge in [-0.05, 0) is 61.8 Å². The molecule has 0 aliphatic carbocycles. The first kappa shape index (κ1) is 22.6. The number of nitrogens with zero attached hydrogens (tertiary/aromatic N) is 2. The first-order valence-corrected chi connectivity index (χ1v) is 11.4. The molecule has 2 aliphatic heterocycles. The number of benzene rings is 2. The van der Waals surface area contributed by atoms with Crippen LogP contribution >= 0.6 is 35.4 Å². The summed E-state index contributed by atoms with van der Waals surface area (Å²) in [6.45, 7) is 1.99. The van der Waals surface area contributed by atoms with Gasteiger partial charge in [-0.3, -0.25) is 19.8 Å². The van der Waals surface area contributed by atoms with Crippen LogP contribution in [0.15, 0.2) is 42.0 Å². The summed E-state index contributed by atoms with van der Waals surface area (Å²) in [6, 6.07) is 10.6. The van der Waals surface area contributed by atoms with Gasteiger partial charge < -0.3 is 9.64 Å². The third-order valence-electron chi connectivity index (χ3n) is 5.51. The molecule has 6 nitrogen and oxygen atoms in total. The van der Waals surface area contributed by atoms with Crippen molar-refractivity contribution in [2.45, 2.75) is 19.3 Å². The van der Waals surface area contributed by atoms with Gasteiger partial charge in [0.15, 0.2) is 5.11 Å². The molecule has 32 heavy (non-hydrogen) atoms. The molecule has 0 saturated carbocycles. The van der Waals surface area contributed by atoms with Crippen molar-refractivity contribution < 1.29 is 14.3 Å². The highest BCUT2D eigenvalue weighted by Gasteiger charge is 2.36. The van der Waals surface area contributed by atoms with E-state index in [1.165, 1.54) is 17.4 Å². The molecule has 0 atom stereocenters. The first-order valence-electron chi connectivity index (χ1n) is 10.2. The predicted molar refractivity (Wildman–Crippen MR) is 132 cm³/mol. The fourth-order valence-corrected chi connectivity index (χ4v) is 4.52. The van der Waals surface area contributed by atoms with Crippen molar-refractivity contribution in [3.8, 4) is 5.75 Å². The summed E-state index contributed by atoms with van der Waals surface area (Å²) in [5.74, 6) is -0.608. The number of ether oxygens (including phenoxy) is 1. The molecular weight excluding hydrogens is 469 g/mol. The monoisotopic (exact) mass is 489 g/mol. The third-order valence-corrected chi connectivity index (χ3v) is 6.61. The van der Waals surface area contributed by atoms with Crippen LogP contribution in [-0.2, 0) is 9.59 Å². The van der Waals surface area contributed by atoms with Gasteiger partial charge in [-0.1, -0.05) is 29.3 Å². The van der Waals surface area contributed by atoms with E-state index in [4.69, 9.17) is 40.2 Å². The van der Waals surface area contributed by atoms with Gasteiger partial charge >= 0.3 is 0 Å². The van der Waals surface area contributed by atoms with E-state index in [1.54, 1.807) is 25.3 Å². The fraction of sp³-hybridized carbons (Fsp3) is 0.261. The molecule has 2 amide bonds. The highest BCUT2D eigenvalue weighted by Crippen LogP contribution is 2.35. The number of hydrogen-bond donors (Lipinski definition) is 1. The second kappa shape index (κ2) is 9.48. The minimum Gasteiger partial charge on any atom is -0.496 e. The van der Waals surface area contributed by atoms with Gasteiger partial charge in [0.05, 0.1) is 22.8 Å². The molecule has 2 saturated heterocycles. The van der Waals surface area contributed by atoms with Crippen LogP contribution in [0.2, 0.25) is 10.0 Å². The van der Waals surface area contributed by atoms with E-state index in [0.29, 0.717) is 17.0 Å². The maximum absolute atomic E-state index is 13.3. The van der Waals surface area contributed by atoms with E-state index < -0.39 is 11.8 Å². The number of rotatable bonds is 4. The zero-order valence-corrected chi connectivity index (χ0v) is 19.7. The molecule has 166 valence electrons. The number of carbonyl (C=O) groups is 2. The first-order chi connectivity index (χ1) is 15.4. The zero-order valence-electron chi connectivity index (χ0n) is 17.4. The Kier molecular flexibility index (Phi) is 6.69. The topological polar surface area (TPSA) is 61.9 Å². The van der Waals surface area contributed by atoms with Gasteiger partial charge in [0.1, 0.15) is 11.3 Å². The van der Waals surface area contributed by atoms with Gasteiger partial charge in [0.25, 0.3) is 11.8 Å². The lowest BCUT2D eigenvalue weighted by Gasteiger charge is -2.30. The molecule has 2 aliphatic rings. The molecule has 9 heteroatoms. The highest BCUT2D eigenvalue weighted by molar-refractivity contribution is 7.80. The SMILES string of the molecule is COc1cc(N2CCCCC2)ccc1/C=C1\C(=O)NC(=S)N(c2cccc(Cl)c2Cl)C1=O. The number of carbonyl (C=O) groups excluding carboxylic acids is 2. The summed E-state index contributed by atoms with van der Waals surface area (Å²) in [5, 5.41) is 2.94. The van der Waals surface area contributed by atoms with Crippen molar-refractivity contribution in [3.63, 3.8) is 0 Å². The number of amides is 2. The standard InChI is InChI=1S/C23H21Cl2N3O3S/c1-31-19-13-15(27-10-3-2-4-11-27)9-8-14(19)12-16-21(29)26-23(32)28(22(16)30)18-7-5-6-17(24)20(18)25/h5-9,12-13H,2-4,10-11H2,1H3,(H,26,29,32)/b16-12+. The molecule has 1 N–H and O–H groups in total. The molecule has 0 aromatic heterocycles. The van der Waals surface area contributed by atoms with E-state index in [-0.39, 0.29) is 20.7 Å². The van der Waals surface area contributed by atoms with Crippen LogP contribution in [-0.4, -0.2) is 37.1 Å².